The van der Waals surface area contributed by atoms with E-state index in [1.165, 1.54) is 0 Å². The fraction of sp³-hybridized carbons (Fsp3) is 0.625. The molecular weight excluding hydrogens is 174 g/mol. The van der Waals surface area contributed by atoms with Gasteiger partial charge in [-0.15, -0.1) is 0 Å². The molecular formula is C8H9NO4. The van der Waals surface area contributed by atoms with Crippen molar-refractivity contribution in [3.8, 4) is 0 Å². The Kier molecular flexibility index (Phi) is 1.61. The predicted octanol–water partition coefficient (Wildman–Crippen LogP) is 0.100. The minimum absolute atomic E-state index is 0.256. The van der Waals surface area contributed by atoms with Gasteiger partial charge in [0.1, 0.15) is 6.29 Å². The van der Waals surface area contributed by atoms with Crippen LogP contribution in [-0.2, 0) is 9.59 Å². The Morgan fingerprint density at radius 3 is 2.69 bits per heavy atom. The van der Waals surface area contributed by atoms with Gasteiger partial charge >= 0.3 is 6.09 Å². The Labute approximate surface area is 74.3 Å². The summed E-state index contributed by atoms with van der Waals surface area (Å²) in [5.41, 5.74) is 0. The first-order valence-corrected chi connectivity index (χ1v) is 4.16. The number of carbonyl (C=O) groups excluding carboxylic acids is 2. The number of imide groups is 1. The van der Waals surface area contributed by atoms with Crippen molar-refractivity contribution in [2.45, 2.75) is 18.9 Å². The molecule has 2 fully saturated rings. The molecule has 1 saturated carbocycles. The molecule has 1 N–H and O–H groups in total. The lowest BCUT2D eigenvalue weighted by Gasteiger charge is -2.24. The van der Waals surface area contributed by atoms with E-state index in [1.54, 1.807) is 0 Å². The molecule has 2 bridgehead atoms. The van der Waals surface area contributed by atoms with Crippen LogP contribution < -0.4 is 0 Å². The maximum atomic E-state index is 11.4. The molecule has 2 rings (SSSR count). The second kappa shape index (κ2) is 2.55. The monoisotopic (exact) mass is 183 g/mol. The van der Waals surface area contributed by atoms with Gasteiger partial charge in [-0.25, -0.2) is 9.69 Å². The van der Waals surface area contributed by atoms with Gasteiger partial charge in [-0.3, -0.25) is 4.79 Å². The number of carbonyl (C=O) groups is 3. The Morgan fingerprint density at radius 2 is 2.23 bits per heavy atom. The summed E-state index contributed by atoms with van der Waals surface area (Å²) < 4.78 is 0. The van der Waals surface area contributed by atoms with Gasteiger partial charge in [0, 0.05) is 12.0 Å². The normalized spacial score (nSPS) is 36.8. The smallest absolute Gasteiger partial charge is 0.414 e. The van der Waals surface area contributed by atoms with Gasteiger partial charge in [0.2, 0.25) is 5.91 Å². The van der Waals surface area contributed by atoms with Crippen LogP contribution in [0.2, 0.25) is 0 Å². The SMILES string of the molecule is O=CC1CC2CC1C(=O)N2C(=O)O. The molecule has 13 heavy (non-hydrogen) atoms. The van der Waals surface area contributed by atoms with E-state index >= 15 is 0 Å². The molecule has 5 heteroatoms. The Balaban J connectivity index is 2.22. The number of rotatable bonds is 1. The minimum Gasteiger partial charge on any atom is -0.465 e. The third-order valence-electron chi connectivity index (χ3n) is 2.89. The zero-order chi connectivity index (χ0) is 9.59. The van der Waals surface area contributed by atoms with E-state index in [2.05, 4.69) is 0 Å². The molecule has 1 aliphatic carbocycles. The molecule has 0 aromatic heterocycles. The highest BCUT2D eigenvalue weighted by Crippen LogP contribution is 2.41. The van der Waals surface area contributed by atoms with Gasteiger partial charge in [0.05, 0.1) is 5.92 Å². The van der Waals surface area contributed by atoms with E-state index < -0.39 is 12.0 Å². The first kappa shape index (κ1) is 8.22. The highest BCUT2D eigenvalue weighted by molar-refractivity contribution is 5.97. The van der Waals surface area contributed by atoms with Crippen molar-refractivity contribution in [1.82, 2.24) is 4.90 Å². The van der Waals surface area contributed by atoms with E-state index in [-0.39, 0.29) is 17.9 Å². The average molecular weight is 183 g/mol. The van der Waals surface area contributed by atoms with Gasteiger partial charge in [-0.05, 0) is 12.8 Å². The van der Waals surface area contributed by atoms with Crippen molar-refractivity contribution >= 4 is 18.3 Å². The van der Waals surface area contributed by atoms with Crippen molar-refractivity contribution in [3.63, 3.8) is 0 Å². The molecule has 0 radical (unpaired) electrons. The lowest BCUT2D eigenvalue weighted by molar-refractivity contribution is -0.136. The number of aldehydes is 1. The quantitative estimate of drug-likeness (QED) is 0.585. The molecule has 1 heterocycles. The first-order valence-electron chi connectivity index (χ1n) is 4.16. The number of likely N-dealkylation sites (tertiary alicyclic amines) is 1. The first-order chi connectivity index (χ1) is 6.15. The molecule has 1 saturated heterocycles. The second-order valence-corrected chi connectivity index (χ2v) is 3.52. The topological polar surface area (TPSA) is 74.7 Å². The minimum atomic E-state index is -1.19. The number of hydrogen-bond donors (Lipinski definition) is 1. The number of amides is 2. The van der Waals surface area contributed by atoms with Crippen molar-refractivity contribution in [2.24, 2.45) is 11.8 Å². The van der Waals surface area contributed by atoms with Crippen LogP contribution in [0.3, 0.4) is 0 Å². The van der Waals surface area contributed by atoms with E-state index in [4.69, 9.17) is 5.11 Å². The molecule has 3 unspecified atom stereocenters. The van der Waals surface area contributed by atoms with Crippen LogP contribution in [0.15, 0.2) is 0 Å². The summed E-state index contributed by atoms with van der Waals surface area (Å²) in [6.45, 7) is 0. The summed E-state index contributed by atoms with van der Waals surface area (Å²) in [5, 5.41) is 8.68. The molecule has 0 aromatic carbocycles. The number of fused-ring (bicyclic) bond motifs is 2. The molecule has 2 aliphatic rings. The van der Waals surface area contributed by atoms with Crippen LogP contribution in [0.4, 0.5) is 4.79 Å². The van der Waals surface area contributed by atoms with E-state index in [9.17, 15) is 14.4 Å². The maximum Gasteiger partial charge on any atom is 0.414 e. The number of carboxylic acid groups (broad SMARTS) is 1. The molecule has 2 amide bonds. The van der Waals surface area contributed by atoms with Crippen LogP contribution in [-0.4, -0.2) is 34.3 Å². The van der Waals surface area contributed by atoms with Crippen molar-refractivity contribution in [1.29, 1.82) is 0 Å². The number of nitrogens with zero attached hydrogens (tertiary/aromatic N) is 1. The molecule has 1 aliphatic heterocycles. The number of piperidine rings is 1. The lowest BCUT2D eigenvalue weighted by Crippen LogP contribution is -2.43. The highest BCUT2D eigenvalue weighted by Gasteiger charge is 2.53. The van der Waals surface area contributed by atoms with E-state index in [0.717, 1.165) is 11.2 Å². The number of hydrogen-bond acceptors (Lipinski definition) is 3. The standard InChI is InChI=1S/C8H9NO4/c10-3-4-1-5-2-6(4)7(11)9(5)8(12)13/h3-6H,1-2H2,(H,12,13). The van der Waals surface area contributed by atoms with Gasteiger partial charge < -0.3 is 9.90 Å². The summed E-state index contributed by atoms with van der Waals surface area (Å²) in [4.78, 5) is 33.3. The average Bonchev–Trinajstić information content (AvgIpc) is 2.59. The van der Waals surface area contributed by atoms with Crippen LogP contribution in [0, 0.1) is 11.8 Å². The molecule has 70 valence electrons. The Hall–Kier alpha value is -1.39. The fourth-order valence-electron chi connectivity index (χ4n) is 2.30. The summed E-state index contributed by atoms with van der Waals surface area (Å²) in [5.74, 6) is -1.03. The Bertz CT molecular complexity index is 286. The van der Waals surface area contributed by atoms with Crippen LogP contribution in [0.25, 0.3) is 0 Å². The zero-order valence-electron chi connectivity index (χ0n) is 6.84. The van der Waals surface area contributed by atoms with Gasteiger partial charge in [0.15, 0.2) is 0 Å². The fourth-order valence-corrected chi connectivity index (χ4v) is 2.30. The summed E-state index contributed by atoms with van der Waals surface area (Å²) >= 11 is 0. The van der Waals surface area contributed by atoms with Gasteiger partial charge in [-0.2, -0.15) is 0 Å². The van der Waals surface area contributed by atoms with Crippen LogP contribution >= 0.6 is 0 Å². The molecule has 3 atom stereocenters. The van der Waals surface area contributed by atoms with Crippen molar-refractivity contribution in [2.75, 3.05) is 0 Å². The largest absolute Gasteiger partial charge is 0.465 e. The lowest BCUT2D eigenvalue weighted by atomic mass is 9.96. The highest BCUT2D eigenvalue weighted by atomic mass is 16.4. The summed E-state index contributed by atoms with van der Waals surface area (Å²) in [6, 6.07) is -0.259. The molecule has 5 nitrogen and oxygen atoms in total. The van der Waals surface area contributed by atoms with E-state index in [0.29, 0.717) is 12.8 Å². The summed E-state index contributed by atoms with van der Waals surface area (Å²) in [6.07, 6.45) is 0.601. The van der Waals surface area contributed by atoms with Gasteiger partial charge in [0.25, 0.3) is 0 Å². The summed E-state index contributed by atoms with van der Waals surface area (Å²) in [7, 11) is 0. The van der Waals surface area contributed by atoms with Gasteiger partial charge in [-0.1, -0.05) is 0 Å². The maximum absolute atomic E-state index is 11.4. The second-order valence-electron chi connectivity index (χ2n) is 3.52. The third kappa shape index (κ3) is 0.961. The predicted molar refractivity (Wildman–Crippen MR) is 40.9 cm³/mol. The molecule has 0 spiro atoms. The zero-order valence-corrected chi connectivity index (χ0v) is 6.84. The van der Waals surface area contributed by atoms with E-state index in [1.807, 2.05) is 0 Å². The van der Waals surface area contributed by atoms with Crippen LogP contribution in [0.5, 0.6) is 0 Å². The Morgan fingerprint density at radius 1 is 1.54 bits per heavy atom. The van der Waals surface area contributed by atoms with Crippen LogP contribution in [0.1, 0.15) is 12.8 Å². The molecule has 0 aromatic rings. The van der Waals surface area contributed by atoms with Crippen molar-refractivity contribution in [3.05, 3.63) is 0 Å². The third-order valence-corrected chi connectivity index (χ3v) is 2.89. The van der Waals surface area contributed by atoms with Crippen molar-refractivity contribution < 1.29 is 19.5 Å².